The second-order valence-corrected chi connectivity index (χ2v) is 14.3. The third-order valence-corrected chi connectivity index (χ3v) is 9.37. The molecule has 1 saturated heterocycles. The predicted molar refractivity (Wildman–Crippen MR) is 195 cm³/mol. The van der Waals surface area contributed by atoms with Gasteiger partial charge in [0.2, 0.25) is 5.91 Å². The molecule has 1 heterocycles. The highest BCUT2D eigenvalue weighted by atomic mass is 19.1. The maximum absolute atomic E-state index is 14.7. The van der Waals surface area contributed by atoms with E-state index in [2.05, 4.69) is 28.1 Å². The lowest BCUT2D eigenvalue weighted by Gasteiger charge is -2.28. The number of rotatable bonds is 11. The lowest BCUT2D eigenvalue weighted by molar-refractivity contribution is -0.132. The molecule has 3 N–H and O–H groups in total. The van der Waals surface area contributed by atoms with Crippen molar-refractivity contribution in [1.82, 2.24) is 15.5 Å². The summed E-state index contributed by atoms with van der Waals surface area (Å²) in [6, 6.07) is 26.9. The van der Waals surface area contributed by atoms with Crippen LogP contribution in [-0.2, 0) is 20.7 Å². The highest BCUT2D eigenvalue weighted by Gasteiger charge is 2.38. The van der Waals surface area contributed by atoms with E-state index in [0.29, 0.717) is 12.0 Å². The molecule has 3 amide bonds. The molecule has 6 rings (SSSR count). The van der Waals surface area contributed by atoms with E-state index in [-0.39, 0.29) is 50.1 Å². The van der Waals surface area contributed by atoms with Crippen LogP contribution in [0.5, 0.6) is 0 Å². The molecule has 1 aliphatic carbocycles. The molecular formula is C41H44F2N4O5. The van der Waals surface area contributed by atoms with Gasteiger partial charge in [0.25, 0.3) is 0 Å². The number of amides is 3. The standard InChI is InChI=1S/C41H44F2N4O5/c1-41(2,3)52-40(50)45-27(20-26-12-4-9-17-35(26)42)22-38(48)47-24-28(21-29(47)23-44-37-19-11-10-18-36(37)43)46-39(49)51-25-34-32-15-7-5-13-30(32)31-14-6-8-16-33(31)34/h4-19,27-29,34,44H,20-25H2,1-3H3,(H,45,50)(H,46,49)/t27-,28+,29+/m1/s1. The predicted octanol–water partition coefficient (Wildman–Crippen LogP) is 7.41. The molecule has 272 valence electrons. The fourth-order valence-corrected chi connectivity index (χ4v) is 7.07. The second kappa shape index (κ2) is 15.8. The van der Waals surface area contributed by atoms with E-state index < -0.39 is 47.5 Å². The number of carbonyl (C=O) groups is 3. The molecule has 1 aliphatic heterocycles. The zero-order valence-electron chi connectivity index (χ0n) is 29.5. The Labute approximate surface area is 302 Å². The van der Waals surface area contributed by atoms with Gasteiger partial charge in [-0.1, -0.05) is 78.9 Å². The van der Waals surface area contributed by atoms with E-state index in [9.17, 15) is 23.2 Å². The Balaban J connectivity index is 1.15. The van der Waals surface area contributed by atoms with Crippen molar-refractivity contribution in [3.8, 4) is 11.1 Å². The van der Waals surface area contributed by atoms with Gasteiger partial charge in [-0.25, -0.2) is 18.4 Å². The van der Waals surface area contributed by atoms with Gasteiger partial charge in [-0.3, -0.25) is 4.79 Å². The van der Waals surface area contributed by atoms with E-state index in [1.165, 1.54) is 12.1 Å². The first-order valence-corrected chi connectivity index (χ1v) is 17.6. The maximum atomic E-state index is 14.7. The Kier molecular flexibility index (Phi) is 11.1. The van der Waals surface area contributed by atoms with Gasteiger partial charge in [0.05, 0.1) is 17.8 Å². The van der Waals surface area contributed by atoms with Crippen LogP contribution in [0.4, 0.5) is 24.1 Å². The Hall–Kier alpha value is -5.45. The van der Waals surface area contributed by atoms with Crippen molar-refractivity contribution in [2.24, 2.45) is 0 Å². The SMILES string of the molecule is CC(C)(C)OC(=O)N[C@@H](CC(=O)N1C[C@@H](NC(=O)OCC2c3ccccc3-c3ccccc32)C[C@H]1CNc1ccccc1F)Cc1ccccc1F. The van der Waals surface area contributed by atoms with Gasteiger partial charge in [-0.05, 0) is 79.6 Å². The zero-order chi connectivity index (χ0) is 36.8. The van der Waals surface area contributed by atoms with Crippen LogP contribution in [0.2, 0.25) is 0 Å². The van der Waals surface area contributed by atoms with Crippen LogP contribution in [0.3, 0.4) is 0 Å². The number of nitrogens with zero attached hydrogens (tertiary/aromatic N) is 1. The van der Waals surface area contributed by atoms with Crippen LogP contribution >= 0.6 is 0 Å². The molecule has 11 heteroatoms. The Bertz CT molecular complexity index is 1870. The van der Waals surface area contributed by atoms with Gasteiger partial charge >= 0.3 is 12.2 Å². The molecule has 4 aromatic rings. The van der Waals surface area contributed by atoms with Crippen molar-refractivity contribution in [1.29, 1.82) is 0 Å². The summed E-state index contributed by atoms with van der Waals surface area (Å²) in [6.45, 7) is 5.68. The summed E-state index contributed by atoms with van der Waals surface area (Å²) in [6.07, 6.45) is -1.08. The maximum Gasteiger partial charge on any atom is 0.407 e. The van der Waals surface area contributed by atoms with Gasteiger partial charge in [0.15, 0.2) is 0 Å². The molecule has 3 atom stereocenters. The minimum absolute atomic E-state index is 0.0467. The van der Waals surface area contributed by atoms with Crippen LogP contribution in [-0.4, -0.2) is 66.4 Å². The topological polar surface area (TPSA) is 109 Å². The number of ether oxygens (including phenoxy) is 2. The first kappa shape index (κ1) is 36.3. The number of benzene rings is 4. The third-order valence-electron chi connectivity index (χ3n) is 9.37. The average Bonchev–Trinajstić information content (AvgIpc) is 3.65. The monoisotopic (exact) mass is 710 g/mol. The number of alkyl carbamates (subject to hydrolysis) is 2. The average molecular weight is 711 g/mol. The summed E-state index contributed by atoms with van der Waals surface area (Å²) < 4.78 is 40.5. The third kappa shape index (κ3) is 8.88. The normalized spacial score (nSPS) is 17.1. The number of halogens is 2. The summed E-state index contributed by atoms with van der Waals surface area (Å²) in [5, 5.41) is 8.79. The van der Waals surface area contributed by atoms with E-state index >= 15 is 0 Å². The fourth-order valence-electron chi connectivity index (χ4n) is 7.07. The van der Waals surface area contributed by atoms with E-state index in [1.54, 1.807) is 62.1 Å². The number of para-hydroxylation sites is 1. The van der Waals surface area contributed by atoms with Crippen LogP contribution in [0.15, 0.2) is 97.1 Å². The van der Waals surface area contributed by atoms with Crippen molar-refractivity contribution in [2.45, 2.75) is 69.7 Å². The number of fused-ring (bicyclic) bond motifs is 3. The van der Waals surface area contributed by atoms with Crippen molar-refractivity contribution >= 4 is 23.8 Å². The minimum Gasteiger partial charge on any atom is -0.449 e. The molecular weight excluding hydrogens is 666 g/mol. The summed E-state index contributed by atoms with van der Waals surface area (Å²) in [7, 11) is 0. The molecule has 0 saturated carbocycles. The Morgan fingerprint density at radius 1 is 0.827 bits per heavy atom. The molecule has 52 heavy (non-hydrogen) atoms. The second-order valence-electron chi connectivity index (χ2n) is 14.3. The molecule has 0 radical (unpaired) electrons. The highest BCUT2D eigenvalue weighted by Crippen LogP contribution is 2.44. The smallest absolute Gasteiger partial charge is 0.407 e. The quantitative estimate of drug-likeness (QED) is 0.150. The van der Waals surface area contributed by atoms with Crippen molar-refractivity contribution < 1.29 is 32.6 Å². The molecule has 4 aromatic carbocycles. The molecule has 0 aromatic heterocycles. The summed E-state index contributed by atoms with van der Waals surface area (Å²) in [5.41, 5.74) is 4.27. The fraction of sp³-hybridized carbons (Fsp3) is 0.341. The number of carbonyl (C=O) groups excluding carboxylic acids is 3. The van der Waals surface area contributed by atoms with Gasteiger partial charge in [-0.2, -0.15) is 0 Å². The molecule has 0 unspecified atom stereocenters. The van der Waals surface area contributed by atoms with E-state index in [4.69, 9.17) is 9.47 Å². The molecule has 9 nitrogen and oxygen atoms in total. The van der Waals surface area contributed by atoms with Crippen molar-refractivity contribution in [2.75, 3.05) is 25.0 Å². The summed E-state index contributed by atoms with van der Waals surface area (Å²) >= 11 is 0. The lowest BCUT2D eigenvalue weighted by atomic mass is 9.98. The van der Waals surface area contributed by atoms with E-state index in [1.807, 2.05) is 36.4 Å². The Morgan fingerprint density at radius 3 is 2.10 bits per heavy atom. The van der Waals surface area contributed by atoms with Crippen LogP contribution < -0.4 is 16.0 Å². The van der Waals surface area contributed by atoms with Gasteiger partial charge < -0.3 is 30.3 Å². The van der Waals surface area contributed by atoms with Crippen LogP contribution in [0.25, 0.3) is 11.1 Å². The highest BCUT2D eigenvalue weighted by molar-refractivity contribution is 5.80. The summed E-state index contributed by atoms with van der Waals surface area (Å²) in [5.74, 6) is -1.32. The van der Waals surface area contributed by atoms with E-state index in [0.717, 1.165) is 22.3 Å². The van der Waals surface area contributed by atoms with Gasteiger partial charge in [0.1, 0.15) is 23.8 Å². The zero-order valence-corrected chi connectivity index (χ0v) is 29.5. The summed E-state index contributed by atoms with van der Waals surface area (Å²) in [4.78, 5) is 41.7. The van der Waals surface area contributed by atoms with Crippen molar-refractivity contribution in [3.05, 3.63) is 125 Å². The molecule has 0 spiro atoms. The number of likely N-dealkylation sites (tertiary alicyclic amines) is 1. The van der Waals surface area contributed by atoms with Crippen molar-refractivity contribution in [3.63, 3.8) is 0 Å². The number of anilines is 1. The first-order valence-electron chi connectivity index (χ1n) is 17.6. The lowest BCUT2D eigenvalue weighted by Crippen LogP contribution is -2.46. The first-order chi connectivity index (χ1) is 24.9. The van der Waals surface area contributed by atoms with Crippen LogP contribution in [0, 0.1) is 11.6 Å². The number of nitrogens with one attached hydrogen (secondary N) is 3. The number of hydrogen-bond donors (Lipinski definition) is 3. The van der Waals surface area contributed by atoms with Gasteiger partial charge in [0, 0.05) is 31.5 Å². The minimum atomic E-state index is -0.798. The Morgan fingerprint density at radius 2 is 1.44 bits per heavy atom. The molecule has 1 fully saturated rings. The molecule has 2 aliphatic rings. The van der Waals surface area contributed by atoms with Crippen LogP contribution in [0.1, 0.15) is 56.2 Å². The molecule has 0 bridgehead atoms. The number of hydrogen-bond acceptors (Lipinski definition) is 6. The van der Waals surface area contributed by atoms with Gasteiger partial charge in [-0.15, -0.1) is 0 Å². The largest absolute Gasteiger partial charge is 0.449 e.